The van der Waals surface area contributed by atoms with Crippen LogP contribution < -0.4 is 5.32 Å². The Kier molecular flexibility index (Phi) is 8.35. The van der Waals surface area contributed by atoms with Crippen LogP contribution >= 0.6 is 34.5 Å². The number of thiophene rings is 1. The van der Waals surface area contributed by atoms with Gasteiger partial charge in [-0.3, -0.25) is 4.79 Å². The first kappa shape index (κ1) is 24.3. The largest absolute Gasteiger partial charge is 0.462 e. The molecule has 3 aromatic rings. The minimum atomic E-state index is -0.457. The number of ether oxygens (including phenoxy) is 1. The van der Waals surface area contributed by atoms with Crippen LogP contribution in [0.5, 0.6) is 0 Å². The minimum Gasteiger partial charge on any atom is -0.462 e. The predicted molar refractivity (Wildman–Crippen MR) is 133 cm³/mol. The lowest BCUT2D eigenvalue weighted by molar-refractivity contribution is 0.0507. The molecule has 3 rings (SSSR count). The zero-order valence-corrected chi connectivity index (χ0v) is 20.6. The van der Waals surface area contributed by atoms with Gasteiger partial charge in [-0.15, -0.1) is 11.3 Å². The van der Waals surface area contributed by atoms with Gasteiger partial charge in [-0.25, -0.2) is 4.79 Å². The highest BCUT2D eigenvalue weighted by Crippen LogP contribution is 2.41. The lowest BCUT2D eigenvalue weighted by Crippen LogP contribution is -2.15. The summed E-state index contributed by atoms with van der Waals surface area (Å²) in [5, 5.41) is 3.98. The molecule has 0 saturated heterocycles. The van der Waals surface area contributed by atoms with Crippen molar-refractivity contribution in [2.45, 2.75) is 40.0 Å². The number of aryl methyl sites for hydroxylation is 2. The summed E-state index contributed by atoms with van der Waals surface area (Å²) in [6.45, 7) is 6.31. The SMILES string of the molecule is CCCOC(=O)c1c(NC(=O)c2ccc(Cl)cc2Cl)sc(C)c1-c1ccc(CCC)cc1. The fourth-order valence-corrected chi connectivity index (χ4v) is 4.97. The van der Waals surface area contributed by atoms with Crippen LogP contribution in [0.15, 0.2) is 42.5 Å². The van der Waals surface area contributed by atoms with Crippen molar-refractivity contribution in [3.63, 3.8) is 0 Å². The van der Waals surface area contributed by atoms with Gasteiger partial charge in [-0.2, -0.15) is 0 Å². The van der Waals surface area contributed by atoms with E-state index in [-0.39, 0.29) is 10.6 Å². The van der Waals surface area contributed by atoms with E-state index in [9.17, 15) is 9.59 Å². The molecule has 0 fully saturated rings. The maximum atomic E-state index is 13.0. The molecule has 0 aliphatic heterocycles. The fourth-order valence-electron chi connectivity index (χ4n) is 3.41. The Morgan fingerprint density at radius 2 is 1.75 bits per heavy atom. The van der Waals surface area contributed by atoms with E-state index < -0.39 is 11.9 Å². The van der Waals surface area contributed by atoms with Gasteiger partial charge in [0, 0.05) is 15.5 Å². The first-order valence-electron chi connectivity index (χ1n) is 10.5. The highest BCUT2D eigenvalue weighted by molar-refractivity contribution is 7.17. The molecule has 0 radical (unpaired) electrons. The number of carbonyl (C=O) groups is 2. The number of benzene rings is 2. The summed E-state index contributed by atoms with van der Waals surface area (Å²) in [7, 11) is 0. The van der Waals surface area contributed by atoms with E-state index in [2.05, 4.69) is 24.4 Å². The molecule has 1 N–H and O–H groups in total. The Bertz CT molecular complexity index is 1120. The van der Waals surface area contributed by atoms with Crippen molar-refractivity contribution in [1.82, 2.24) is 0 Å². The molecule has 1 heterocycles. The summed E-state index contributed by atoms with van der Waals surface area (Å²) in [6, 6.07) is 12.8. The number of carbonyl (C=O) groups excluding carboxylic acids is 2. The number of rotatable bonds is 8. The van der Waals surface area contributed by atoms with Crippen LogP contribution in [0, 0.1) is 6.92 Å². The number of hydrogen-bond donors (Lipinski definition) is 1. The average Bonchev–Trinajstić information content (AvgIpc) is 3.08. The van der Waals surface area contributed by atoms with Gasteiger partial charge in [-0.1, -0.05) is 67.7 Å². The van der Waals surface area contributed by atoms with E-state index in [0.717, 1.165) is 28.8 Å². The maximum Gasteiger partial charge on any atom is 0.341 e. The molecule has 1 amide bonds. The predicted octanol–water partition coefficient (Wildman–Crippen LogP) is 7.80. The van der Waals surface area contributed by atoms with E-state index in [1.54, 1.807) is 12.1 Å². The molecular weight excluding hydrogens is 465 g/mol. The highest BCUT2D eigenvalue weighted by Gasteiger charge is 2.26. The number of esters is 1. The van der Waals surface area contributed by atoms with Crippen LogP contribution in [0.2, 0.25) is 10.0 Å². The molecular formula is C25H25Cl2NO3S. The van der Waals surface area contributed by atoms with Gasteiger partial charge in [0.15, 0.2) is 0 Å². The number of halogens is 2. The lowest BCUT2D eigenvalue weighted by atomic mass is 9.99. The summed E-state index contributed by atoms with van der Waals surface area (Å²) >= 11 is 13.5. The van der Waals surface area contributed by atoms with E-state index in [4.69, 9.17) is 27.9 Å². The van der Waals surface area contributed by atoms with Crippen molar-refractivity contribution in [1.29, 1.82) is 0 Å². The van der Waals surface area contributed by atoms with Crippen LogP contribution in [0.3, 0.4) is 0 Å². The Balaban J connectivity index is 2.03. The number of hydrogen-bond acceptors (Lipinski definition) is 4. The molecule has 0 unspecified atom stereocenters. The minimum absolute atomic E-state index is 0.241. The lowest BCUT2D eigenvalue weighted by Gasteiger charge is -2.11. The normalized spacial score (nSPS) is 10.8. The number of anilines is 1. The molecule has 168 valence electrons. The van der Waals surface area contributed by atoms with E-state index in [0.29, 0.717) is 28.6 Å². The first-order valence-corrected chi connectivity index (χ1v) is 12.1. The Morgan fingerprint density at radius 3 is 2.38 bits per heavy atom. The van der Waals surface area contributed by atoms with Crippen molar-refractivity contribution >= 4 is 51.4 Å². The Labute approximate surface area is 202 Å². The molecule has 0 spiro atoms. The van der Waals surface area contributed by atoms with Gasteiger partial charge < -0.3 is 10.1 Å². The maximum absolute atomic E-state index is 13.0. The van der Waals surface area contributed by atoms with Crippen LogP contribution in [0.4, 0.5) is 5.00 Å². The fraction of sp³-hybridized carbons (Fsp3) is 0.280. The second-order valence-corrected chi connectivity index (χ2v) is 9.47. The molecule has 0 saturated carbocycles. The topological polar surface area (TPSA) is 55.4 Å². The number of amides is 1. The van der Waals surface area contributed by atoms with Crippen molar-refractivity contribution in [3.8, 4) is 11.1 Å². The molecule has 0 aliphatic carbocycles. The second kappa shape index (κ2) is 11.0. The van der Waals surface area contributed by atoms with Crippen molar-refractivity contribution in [3.05, 3.63) is 74.1 Å². The zero-order valence-electron chi connectivity index (χ0n) is 18.3. The van der Waals surface area contributed by atoms with Crippen LogP contribution in [0.1, 0.15) is 57.8 Å². The number of nitrogens with one attached hydrogen (secondary N) is 1. The molecule has 0 aliphatic rings. The van der Waals surface area contributed by atoms with E-state index in [1.807, 2.05) is 26.0 Å². The molecule has 1 aromatic heterocycles. The van der Waals surface area contributed by atoms with Crippen molar-refractivity contribution in [2.75, 3.05) is 11.9 Å². The van der Waals surface area contributed by atoms with Gasteiger partial charge >= 0.3 is 5.97 Å². The third kappa shape index (κ3) is 5.52. The van der Waals surface area contributed by atoms with Crippen LogP contribution in [-0.2, 0) is 11.2 Å². The van der Waals surface area contributed by atoms with Crippen molar-refractivity contribution in [2.24, 2.45) is 0 Å². The summed E-state index contributed by atoms with van der Waals surface area (Å²) in [4.78, 5) is 26.9. The van der Waals surface area contributed by atoms with E-state index >= 15 is 0 Å². The van der Waals surface area contributed by atoms with Gasteiger partial charge in [0.2, 0.25) is 0 Å². The highest BCUT2D eigenvalue weighted by atomic mass is 35.5. The zero-order chi connectivity index (χ0) is 23.3. The van der Waals surface area contributed by atoms with Gasteiger partial charge in [0.25, 0.3) is 5.91 Å². The molecule has 32 heavy (non-hydrogen) atoms. The summed E-state index contributed by atoms with van der Waals surface area (Å²) < 4.78 is 5.46. The smallest absolute Gasteiger partial charge is 0.341 e. The molecule has 4 nitrogen and oxygen atoms in total. The standard InChI is InChI=1S/C25H25Cl2NO3S/c1-4-6-16-7-9-17(10-8-16)21-15(3)32-24(22(21)25(30)31-13-5-2)28-23(29)19-12-11-18(26)14-20(19)27/h7-12,14H,4-6,13H2,1-3H3,(H,28,29). The Hall–Kier alpha value is -2.34. The summed E-state index contributed by atoms with van der Waals surface area (Å²) in [6.07, 6.45) is 2.77. The van der Waals surface area contributed by atoms with Gasteiger partial charge in [0.1, 0.15) is 10.6 Å². The van der Waals surface area contributed by atoms with Crippen molar-refractivity contribution < 1.29 is 14.3 Å². The first-order chi connectivity index (χ1) is 15.3. The molecule has 0 atom stereocenters. The van der Waals surface area contributed by atoms with Crippen LogP contribution in [0.25, 0.3) is 11.1 Å². The van der Waals surface area contributed by atoms with E-state index in [1.165, 1.54) is 23.0 Å². The van der Waals surface area contributed by atoms with Gasteiger partial charge in [-0.05, 0) is 49.1 Å². The monoisotopic (exact) mass is 489 g/mol. The summed E-state index contributed by atoms with van der Waals surface area (Å²) in [5.74, 6) is -0.872. The molecule has 2 aromatic carbocycles. The van der Waals surface area contributed by atoms with Crippen LogP contribution in [-0.4, -0.2) is 18.5 Å². The average molecular weight is 490 g/mol. The quantitative estimate of drug-likeness (QED) is 0.328. The Morgan fingerprint density at radius 1 is 1.03 bits per heavy atom. The van der Waals surface area contributed by atoms with Gasteiger partial charge in [0.05, 0.1) is 17.2 Å². The second-order valence-electron chi connectivity index (χ2n) is 7.40. The summed E-state index contributed by atoms with van der Waals surface area (Å²) in [5.41, 5.74) is 3.57. The molecule has 0 bridgehead atoms. The third-order valence-electron chi connectivity index (χ3n) is 4.91. The third-order valence-corrected chi connectivity index (χ3v) is 6.48. The molecule has 7 heteroatoms.